The summed E-state index contributed by atoms with van der Waals surface area (Å²) < 4.78 is 28.2. The molecule has 1 aromatic carbocycles. The molecule has 0 spiro atoms. The first-order valence-corrected chi connectivity index (χ1v) is 11.2. The number of hydrogen-bond acceptors (Lipinski definition) is 7. The van der Waals surface area contributed by atoms with E-state index in [1.54, 1.807) is 12.1 Å². The molecule has 1 saturated heterocycles. The van der Waals surface area contributed by atoms with Crippen molar-refractivity contribution in [1.29, 1.82) is 0 Å². The molecule has 1 aliphatic heterocycles. The third-order valence-corrected chi connectivity index (χ3v) is 6.58. The first kappa shape index (κ1) is 21.9. The summed E-state index contributed by atoms with van der Waals surface area (Å²) in [5.74, 6) is 0.980. The summed E-state index contributed by atoms with van der Waals surface area (Å²) in [6.07, 6.45) is 3.59. The number of carbonyl (C=O) groups excluding carboxylic acids is 1. The summed E-state index contributed by atoms with van der Waals surface area (Å²) in [4.78, 5) is 14.5. The molecule has 0 saturated carbocycles. The average molecular weight is 418 g/mol. The molecule has 1 atom stereocenters. The molecule has 2 rings (SSSR count). The Morgan fingerprint density at radius 2 is 2.00 bits per heavy atom. The van der Waals surface area contributed by atoms with Crippen LogP contribution in [0.3, 0.4) is 0 Å². The Hall–Kier alpha value is -1.35. The average Bonchev–Trinajstić information content (AvgIpc) is 2.58. The van der Waals surface area contributed by atoms with Crippen molar-refractivity contribution in [2.45, 2.75) is 31.1 Å². The molecule has 4 N–H and O–H groups in total. The Kier molecular flexibility index (Phi) is 7.50. The van der Waals surface area contributed by atoms with E-state index in [9.17, 15) is 13.2 Å². The molecule has 1 unspecified atom stereocenters. The largest absolute Gasteiger partial charge is 0.496 e. The van der Waals surface area contributed by atoms with E-state index in [0.29, 0.717) is 35.3 Å². The fourth-order valence-electron chi connectivity index (χ4n) is 3.31. The van der Waals surface area contributed by atoms with E-state index in [4.69, 9.17) is 27.8 Å². The standard InChI is InChI=1S/C18H28ClN3O4S/c1-26-17-10-16(20)15(19)9-13(17)8-14(23)7-12-3-5-22(6-4-12)11-18(21)27(2,24)25/h9-10,12,18H,3-8,11,20-21H2,1-2H3. The van der Waals surface area contributed by atoms with Gasteiger partial charge in [0.25, 0.3) is 0 Å². The number of anilines is 1. The Balaban J connectivity index is 1.85. The number of carbonyl (C=O) groups is 1. The van der Waals surface area contributed by atoms with Gasteiger partial charge >= 0.3 is 0 Å². The molecule has 0 bridgehead atoms. The van der Waals surface area contributed by atoms with Gasteiger partial charge in [-0.2, -0.15) is 0 Å². The number of methoxy groups -OCH3 is 1. The van der Waals surface area contributed by atoms with Gasteiger partial charge in [0.15, 0.2) is 9.84 Å². The van der Waals surface area contributed by atoms with Crippen LogP contribution in [0.1, 0.15) is 24.8 Å². The third-order valence-electron chi connectivity index (χ3n) is 5.00. The van der Waals surface area contributed by atoms with Crippen LogP contribution in [0, 0.1) is 5.92 Å². The van der Waals surface area contributed by atoms with Gasteiger partial charge in [-0.25, -0.2) is 8.42 Å². The molecule has 0 amide bonds. The lowest BCUT2D eigenvalue weighted by Gasteiger charge is -2.32. The van der Waals surface area contributed by atoms with Crippen LogP contribution in [0.15, 0.2) is 12.1 Å². The molecule has 0 radical (unpaired) electrons. The minimum atomic E-state index is -3.23. The summed E-state index contributed by atoms with van der Waals surface area (Å²) in [6.45, 7) is 1.83. The molecule has 1 heterocycles. The van der Waals surface area contributed by atoms with Crippen molar-refractivity contribution in [1.82, 2.24) is 4.90 Å². The highest BCUT2D eigenvalue weighted by molar-refractivity contribution is 7.91. The summed E-state index contributed by atoms with van der Waals surface area (Å²) in [7, 11) is -1.70. The number of likely N-dealkylation sites (tertiary alicyclic amines) is 1. The van der Waals surface area contributed by atoms with Crippen molar-refractivity contribution >= 4 is 32.9 Å². The first-order chi connectivity index (χ1) is 12.6. The van der Waals surface area contributed by atoms with Gasteiger partial charge in [-0.05, 0) is 37.9 Å². The number of nitrogen functional groups attached to an aromatic ring is 1. The van der Waals surface area contributed by atoms with E-state index >= 15 is 0 Å². The van der Waals surface area contributed by atoms with Crippen molar-refractivity contribution in [3.05, 3.63) is 22.7 Å². The molecule has 1 aromatic rings. The molecular formula is C18H28ClN3O4S. The molecule has 27 heavy (non-hydrogen) atoms. The van der Waals surface area contributed by atoms with Crippen LogP contribution >= 0.6 is 11.6 Å². The van der Waals surface area contributed by atoms with Crippen LogP contribution in [0.4, 0.5) is 5.69 Å². The number of sulfone groups is 1. The third kappa shape index (κ3) is 6.34. The van der Waals surface area contributed by atoms with Gasteiger partial charge in [0.1, 0.15) is 16.9 Å². The number of hydrogen-bond donors (Lipinski definition) is 2. The van der Waals surface area contributed by atoms with E-state index in [2.05, 4.69) is 4.90 Å². The van der Waals surface area contributed by atoms with Crippen molar-refractivity contribution in [3.8, 4) is 5.75 Å². The van der Waals surface area contributed by atoms with Crippen molar-refractivity contribution < 1.29 is 17.9 Å². The fourth-order valence-corrected chi connectivity index (χ4v) is 3.98. The van der Waals surface area contributed by atoms with Gasteiger partial charge in [-0.1, -0.05) is 11.6 Å². The zero-order chi connectivity index (χ0) is 20.2. The van der Waals surface area contributed by atoms with Gasteiger partial charge in [0.2, 0.25) is 0 Å². The summed E-state index contributed by atoms with van der Waals surface area (Å²) >= 11 is 6.06. The van der Waals surface area contributed by atoms with E-state index in [0.717, 1.165) is 37.8 Å². The SMILES string of the molecule is COc1cc(N)c(Cl)cc1CC(=O)CC1CCN(CC(N)S(C)(=O)=O)CC1. The molecule has 7 nitrogen and oxygen atoms in total. The Bertz CT molecular complexity index is 777. The highest BCUT2D eigenvalue weighted by Crippen LogP contribution is 2.30. The van der Waals surface area contributed by atoms with Gasteiger partial charge in [0, 0.05) is 37.3 Å². The number of nitrogens with zero attached hydrogens (tertiary/aromatic N) is 1. The number of halogens is 1. The van der Waals surface area contributed by atoms with E-state index < -0.39 is 15.2 Å². The maximum Gasteiger partial charge on any atom is 0.164 e. The molecule has 9 heteroatoms. The van der Waals surface area contributed by atoms with Crippen LogP contribution in [0.25, 0.3) is 0 Å². The first-order valence-electron chi connectivity index (χ1n) is 8.90. The number of rotatable bonds is 8. The second-order valence-corrected chi connectivity index (χ2v) is 9.89. The predicted molar refractivity (Wildman–Crippen MR) is 108 cm³/mol. The number of piperidine rings is 1. The lowest BCUT2D eigenvalue weighted by atomic mass is 9.90. The van der Waals surface area contributed by atoms with Crippen LogP contribution < -0.4 is 16.2 Å². The van der Waals surface area contributed by atoms with E-state index in [1.807, 2.05) is 0 Å². The minimum absolute atomic E-state index is 0.125. The van der Waals surface area contributed by atoms with Gasteiger partial charge in [0.05, 0.1) is 17.8 Å². The Morgan fingerprint density at radius 3 is 2.56 bits per heavy atom. The predicted octanol–water partition coefficient (Wildman–Crippen LogP) is 1.47. The second kappa shape index (κ2) is 9.23. The number of benzene rings is 1. The summed E-state index contributed by atoms with van der Waals surface area (Å²) in [5, 5.41) is -0.451. The zero-order valence-electron chi connectivity index (χ0n) is 15.8. The lowest BCUT2D eigenvalue weighted by molar-refractivity contribution is -0.119. The second-order valence-electron chi connectivity index (χ2n) is 7.22. The molecule has 0 aliphatic carbocycles. The number of ether oxygens (including phenoxy) is 1. The quantitative estimate of drug-likeness (QED) is 0.615. The number of nitrogens with two attached hydrogens (primary N) is 2. The van der Waals surface area contributed by atoms with Crippen LogP contribution in [-0.4, -0.2) is 57.5 Å². The molecular weight excluding hydrogens is 390 g/mol. The van der Waals surface area contributed by atoms with Gasteiger partial charge in [-0.15, -0.1) is 0 Å². The molecule has 1 aliphatic rings. The normalized spacial score (nSPS) is 17.6. The highest BCUT2D eigenvalue weighted by Gasteiger charge is 2.25. The number of ketones is 1. The van der Waals surface area contributed by atoms with Crippen molar-refractivity contribution in [2.75, 3.05) is 38.7 Å². The lowest BCUT2D eigenvalue weighted by Crippen LogP contribution is -2.45. The highest BCUT2D eigenvalue weighted by atomic mass is 35.5. The Labute approximate surface area is 165 Å². The van der Waals surface area contributed by atoms with Gasteiger partial charge in [-0.3, -0.25) is 4.79 Å². The molecule has 152 valence electrons. The van der Waals surface area contributed by atoms with E-state index in [-0.39, 0.29) is 12.2 Å². The summed E-state index contributed by atoms with van der Waals surface area (Å²) in [5.41, 5.74) is 12.6. The van der Waals surface area contributed by atoms with Gasteiger partial charge < -0.3 is 21.1 Å². The maximum atomic E-state index is 12.5. The number of Topliss-reactive ketones (excluding diaryl/α,β-unsaturated/α-hetero) is 1. The maximum absolute atomic E-state index is 12.5. The van der Waals surface area contributed by atoms with Crippen molar-refractivity contribution in [2.24, 2.45) is 11.7 Å². The monoisotopic (exact) mass is 417 g/mol. The van der Waals surface area contributed by atoms with Crippen LogP contribution in [-0.2, 0) is 21.1 Å². The minimum Gasteiger partial charge on any atom is -0.496 e. The fraction of sp³-hybridized carbons (Fsp3) is 0.611. The van der Waals surface area contributed by atoms with Crippen LogP contribution in [0.5, 0.6) is 5.75 Å². The Morgan fingerprint density at radius 1 is 1.37 bits per heavy atom. The van der Waals surface area contributed by atoms with Crippen molar-refractivity contribution in [3.63, 3.8) is 0 Å². The smallest absolute Gasteiger partial charge is 0.164 e. The summed E-state index contributed by atoms with van der Waals surface area (Å²) in [6, 6.07) is 3.32. The molecule has 0 aromatic heterocycles. The topological polar surface area (TPSA) is 116 Å². The molecule has 1 fully saturated rings. The van der Waals surface area contributed by atoms with Crippen LogP contribution in [0.2, 0.25) is 5.02 Å². The van der Waals surface area contributed by atoms with E-state index in [1.165, 1.54) is 7.11 Å². The zero-order valence-corrected chi connectivity index (χ0v) is 17.4.